The van der Waals surface area contributed by atoms with E-state index >= 15 is 0 Å². The van der Waals surface area contributed by atoms with Crippen molar-refractivity contribution in [2.24, 2.45) is 14.1 Å². The summed E-state index contributed by atoms with van der Waals surface area (Å²) < 4.78 is 4.41. The molecule has 4 heteroatoms. The van der Waals surface area contributed by atoms with E-state index in [1.807, 2.05) is 0 Å². The van der Waals surface area contributed by atoms with Crippen molar-refractivity contribution in [1.82, 2.24) is 18.9 Å². The molecule has 0 saturated heterocycles. The first-order valence-electron chi connectivity index (χ1n) is 6.87. The Hall–Kier alpha value is -1.52. The Morgan fingerprint density at radius 3 is 1.30 bits per heavy atom. The topological polar surface area (TPSA) is 16.3 Å². The van der Waals surface area contributed by atoms with E-state index in [0.717, 1.165) is 23.8 Å². The highest BCUT2D eigenvalue weighted by molar-refractivity contribution is 5.89. The number of fused-ring (bicyclic) bond motifs is 1. The predicted molar refractivity (Wildman–Crippen MR) is 87.0 cm³/mol. The fourth-order valence-corrected chi connectivity index (χ4v) is 2.88. The summed E-state index contributed by atoms with van der Waals surface area (Å²) >= 11 is 0. The molecule has 0 atom stereocenters. The van der Waals surface area contributed by atoms with Gasteiger partial charge in [-0.3, -0.25) is 0 Å². The molecule has 0 aliphatic heterocycles. The van der Waals surface area contributed by atoms with Crippen LogP contribution in [-0.2, 0) is 27.2 Å². The van der Waals surface area contributed by atoms with Crippen LogP contribution in [0.1, 0.15) is 11.4 Å². The van der Waals surface area contributed by atoms with Crippen molar-refractivity contribution in [3.8, 4) is 0 Å². The molecule has 0 fully saturated rings. The zero-order valence-electron chi connectivity index (χ0n) is 13.6. The second-order valence-corrected chi connectivity index (χ2v) is 6.13. The number of hydrogen-bond donors (Lipinski definition) is 0. The molecule has 2 aromatic heterocycles. The normalized spacial score (nSPS) is 12.2. The molecule has 20 heavy (non-hydrogen) atoms. The van der Waals surface area contributed by atoms with Gasteiger partial charge in [-0.1, -0.05) is 13.2 Å². The Kier molecular flexibility index (Phi) is 3.80. The summed E-state index contributed by atoms with van der Waals surface area (Å²) in [6.45, 7) is 10.4. The van der Waals surface area contributed by atoms with Crippen LogP contribution in [0.25, 0.3) is 23.9 Å². The molecule has 0 aromatic carbocycles. The maximum Gasteiger partial charge on any atom is 0.0432 e. The Morgan fingerprint density at radius 1 is 0.750 bits per heavy atom. The third-order valence-corrected chi connectivity index (χ3v) is 3.96. The molecule has 2 heterocycles. The molecule has 2 aromatic rings. The molecule has 2 rings (SSSR count). The first-order valence-corrected chi connectivity index (χ1v) is 6.87. The molecule has 0 N–H and O–H groups in total. The minimum absolute atomic E-state index is 0.899. The first kappa shape index (κ1) is 14.9. The Morgan fingerprint density at radius 2 is 1.05 bits per heavy atom. The molecule has 0 saturated carbocycles. The smallest absolute Gasteiger partial charge is 0.0432 e. The summed E-state index contributed by atoms with van der Waals surface area (Å²) in [5, 5.41) is 4.70. The van der Waals surface area contributed by atoms with E-state index < -0.39 is 0 Å². The molecule has 0 radical (unpaired) electrons. The Labute approximate surface area is 121 Å². The second-order valence-electron chi connectivity index (χ2n) is 6.13. The van der Waals surface area contributed by atoms with Gasteiger partial charge in [-0.15, -0.1) is 0 Å². The summed E-state index contributed by atoms with van der Waals surface area (Å²) in [6, 6.07) is 0. The largest absolute Gasteiger partial charge is 0.346 e. The second kappa shape index (κ2) is 5.11. The summed E-state index contributed by atoms with van der Waals surface area (Å²) in [5.41, 5.74) is 2.58. The maximum absolute atomic E-state index is 4.28. The number of aromatic nitrogens is 2. The molecular formula is C16H26N4. The predicted octanol–water partition coefficient (Wildman–Crippen LogP) is 0.461. The van der Waals surface area contributed by atoms with E-state index in [2.05, 4.69) is 74.4 Å². The maximum atomic E-state index is 4.28. The van der Waals surface area contributed by atoms with Crippen LogP contribution in [0.3, 0.4) is 0 Å². The minimum atomic E-state index is 0.899. The highest BCUT2D eigenvalue weighted by Gasteiger charge is 2.18. The van der Waals surface area contributed by atoms with Crippen molar-refractivity contribution in [2.45, 2.75) is 13.1 Å². The SMILES string of the molecule is C=c1c2c(CN(C)C)n(C)c(=C)c2c(CN(C)C)n1C. The molecule has 0 amide bonds. The van der Waals surface area contributed by atoms with Gasteiger partial charge in [-0.25, -0.2) is 0 Å². The monoisotopic (exact) mass is 274 g/mol. The van der Waals surface area contributed by atoms with Gasteiger partial charge in [0.15, 0.2) is 0 Å². The van der Waals surface area contributed by atoms with Crippen LogP contribution < -0.4 is 10.7 Å². The highest BCUT2D eigenvalue weighted by atomic mass is 15.1. The molecule has 0 aliphatic rings. The molecule has 4 nitrogen and oxygen atoms in total. The molecular weight excluding hydrogens is 248 g/mol. The van der Waals surface area contributed by atoms with Gasteiger partial charge < -0.3 is 18.9 Å². The van der Waals surface area contributed by atoms with Crippen molar-refractivity contribution >= 4 is 23.9 Å². The van der Waals surface area contributed by atoms with Crippen molar-refractivity contribution in [1.29, 1.82) is 0 Å². The van der Waals surface area contributed by atoms with Crippen molar-refractivity contribution < 1.29 is 0 Å². The van der Waals surface area contributed by atoms with Gasteiger partial charge in [0.1, 0.15) is 0 Å². The summed E-state index contributed by atoms with van der Waals surface area (Å²) in [4.78, 5) is 4.37. The average Bonchev–Trinajstić information content (AvgIpc) is 2.71. The van der Waals surface area contributed by atoms with Crippen LogP contribution in [0.5, 0.6) is 0 Å². The third kappa shape index (κ3) is 2.19. The Balaban J connectivity index is 2.83. The molecule has 0 unspecified atom stereocenters. The summed E-state index contributed by atoms with van der Waals surface area (Å²) in [6.07, 6.45) is 0. The molecule has 0 aliphatic carbocycles. The first-order chi connectivity index (χ1) is 9.25. The average molecular weight is 274 g/mol. The third-order valence-electron chi connectivity index (χ3n) is 3.96. The van der Waals surface area contributed by atoms with Gasteiger partial charge in [0.05, 0.1) is 0 Å². The quantitative estimate of drug-likeness (QED) is 0.805. The highest BCUT2D eigenvalue weighted by Crippen LogP contribution is 2.19. The number of rotatable bonds is 4. The lowest BCUT2D eigenvalue weighted by Crippen LogP contribution is -2.23. The zero-order valence-corrected chi connectivity index (χ0v) is 13.6. The van der Waals surface area contributed by atoms with E-state index in [1.165, 1.54) is 22.2 Å². The Bertz CT molecular complexity index is 667. The molecule has 0 bridgehead atoms. The van der Waals surface area contributed by atoms with Gasteiger partial charge in [-0.2, -0.15) is 0 Å². The fraction of sp³-hybridized carbons (Fsp3) is 0.500. The van der Waals surface area contributed by atoms with Crippen LogP contribution in [0, 0.1) is 0 Å². The lowest BCUT2D eigenvalue weighted by molar-refractivity contribution is 0.390. The van der Waals surface area contributed by atoms with Gasteiger partial charge in [0, 0.05) is 60.0 Å². The fourth-order valence-electron chi connectivity index (χ4n) is 2.88. The van der Waals surface area contributed by atoms with Gasteiger partial charge in [0.25, 0.3) is 0 Å². The van der Waals surface area contributed by atoms with Crippen molar-refractivity contribution in [3.63, 3.8) is 0 Å². The van der Waals surface area contributed by atoms with Crippen LogP contribution in [0.4, 0.5) is 0 Å². The molecule has 0 spiro atoms. The number of nitrogens with zero attached hydrogens (tertiary/aromatic N) is 4. The van der Waals surface area contributed by atoms with Crippen molar-refractivity contribution in [3.05, 3.63) is 22.1 Å². The van der Waals surface area contributed by atoms with Crippen LogP contribution in [0.2, 0.25) is 0 Å². The van der Waals surface area contributed by atoms with Gasteiger partial charge in [0.2, 0.25) is 0 Å². The lowest BCUT2D eigenvalue weighted by atomic mass is 10.2. The minimum Gasteiger partial charge on any atom is -0.346 e. The lowest BCUT2D eigenvalue weighted by Gasteiger charge is -2.12. The van der Waals surface area contributed by atoms with E-state index in [9.17, 15) is 0 Å². The standard InChI is InChI=1S/C16H26N4/c1-11-15-13(9-17(3)4)20(8)12(2)16(15)14(19(11)7)10-18(5)6/h1-2,9-10H2,3-8H3. The van der Waals surface area contributed by atoms with Gasteiger partial charge in [-0.05, 0) is 28.2 Å². The summed E-state index contributed by atoms with van der Waals surface area (Å²) in [5.74, 6) is 0. The van der Waals surface area contributed by atoms with E-state index in [1.54, 1.807) is 0 Å². The van der Waals surface area contributed by atoms with E-state index in [4.69, 9.17) is 0 Å². The van der Waals surface area contributed by atoms with E-state index in [-0.39, 0.29) is 0 Å². The summed E-state index contributed by atoms with van der Waals surface area (Å²) in [7, 11) is 12.6. The van der Waals surface area contributed by atoms with E-state index in [0.29, 0.717) is 0 Å². The van der Waals surface area contributed by atoms with Crippen molar-refractivity contribution in [2.75, 3.05) is 28.2 Å². The van der Waals surface area contributed by atoms with Crippen LogP contribution >= 0.6 is 0 Å². The van der Waals surface area contributed by atoms with Crippen LogP contribution in [0.15, 0.2) is 0 Å². The molecule has 110 valence electrons. The zero-order chi connectivity index (χ0) is 15.2. The number of hydrogen-bond acceptors (Lipinski definition) is 2. The van der Waals surface area contributed by atoms with Gasteiger partial charge >= 0.3 is 0 Å². The van der Waals surface area contributed by atoms with Crippen LogP contribution in [-0.4, -0.2) is 47.1 Å².